The molecule has 0 aliphatic heterocycles. The summed E-state index contributed by atoms with van der Waals surface area (Å²) in [6.07, 6.45) is 0.941. The zero-order valence-electron chi connectivity index (χ0n) is 13.5. The Morgan fingerprint density at radius 2 is 1.78 bits per heavy atom. The molecule has 2 aromatic rings. The summed E-state index contributed by atoms with van der Waals surface area (Å²) in [5, 5.41) is 14.1. The number of amides is 1. The monoisotopic (exact) mass is 310 g/mol. The number of hydrogen-bond donors (Lipinski definition) is 2. The van der Waals surface area contributed by atoms with Crippen molar-refractivity contribution >= 4 is 11.6 Å². The molecular formula is C19H22N2O2. The van der Waals surface area contributed by atoms with Crippen LogP contribution in [0.3, 0.4) is 0 Å². The van der Waals surface area contributed by atoms with Crippen LogP contribution in [0.1, 0.15) is 43.1 Å². The lowest BCUT2D eigenvalue weighted by Gasteiger charge is -2.09. The van der Waals surface area contributed by atoms with Gasteiger partial charge in [0.15, 0.2) is 6.10 Å². The molecule has 2 rings (SSSR count). The van der Waals surface area contributed by atoms with E-state index in [0.717, 1.165) is 18.4 Å². The largest absolute Gasteiger partial charge is 0.378 e. The summed E-state index contributed by atoms with van der Waals surface area (Å²) in [4.78, 5) is 12.0. The van der Waals surface area contributed by atoms with Crippen LogP contribution in [0.25, 0.3) is 0 Å². The van der Waals surface area contributed by atoms with Crippen molar-refractivity contribution in [2.75, 3.05) is 0 Å². The third-order valence-electron chi connectivity index (χ3n) is 3.61. The maximum atomic E-state index is 12.0. The second-order valence-electron chi connectivity index (χ2n) is 5.43. The molecular weight excluding hydrogens is 288 g/mol. The maximum Gasteiger partial charge on any atom is 0.273 e. The van der Waals surface area contributed by atoms with Crippen molar-refractivity contribution in [3.05, 3.63) is 71.3 Å². The summed E-state index contributed by atoms with van der Waals surface area (Å²) in [6, 6.07) is 16.9. The average Bonchev–Trinajstić information content (AvgIpc) is 2.60. The number of hydrogen-bond acceptors (Lipinski definition) is 3. The first kappa shape index (κ1) is 16.9. The molecule has 120 valence electrons. The SMILES string of the molecule is CCCc1ccc(C(C)=NNC(=O)C(O)c2ccccc2)cc1. The van der Waals surface area contributed by atoms with Gasteiger partial charge < -0.3 is 5.11 Å². The second-order valence-corrected chi connectivity index (χ2v) is 5.43. The summed E-state index contributed by atoms with van der Waals surface area (Å²) in [5.41, 5.74) is 5.89. The number of nitrogens with zero attached hydrogens (tertiary/aromatic N) is 1. The van der Waals surface area contributed by atoms with E-state index in [-0.39, 0.29) is 0 Å². The number of nitrogens with one attached hydrogen (secondary N) is 1. The molecule has 0 radical (unpaired) electrons. The van der Waals surface area contributed by atoms with Gasteiger partial charge in [-0.1, -0.05) is 67.9 Å². The van der Waals surface area contributed by atoms with Crippen LogP contribution in [0.15, 0.2) is 59.7 Å². The van der Waals surface area contributed by atoms with Gasteiger partial charge in [0.1, 0.15) is 0 Å². The van der Waals surface area contributed by atoms with E-state index in [0.29, 0.717) is 11.3 Å². The Morgan fingerprint density at radius 3 is 2.39 bits per heavy atom. The molecule has 0 saturated heterocycles. The van der Waals surface area contributed by atoms with E-state index in [2.05, 4.69) is 29.6 Å². The van der Waals surface area contributed by atoms with Crippen molar-refractivity contribution < 1.29 is 9.90 Å². The van der Waals surface area contributed by atoms with Crippen LogP contribution in [-0.4, -0.2) is 16.7 Å². The lowest BCUT2D eigenvalue weighted by molar-refractivity contribution is -0.129. The van der Waals surface area contributed by atoms with Gasteiger partial charge >= 0.3 is 0 Å². The predicted molar refractivity (Wildman–Crippen MR) is 92.2 cm³/mol. The smallest absolute Gasteiger partial charge is 0.273 e. The molecule has 0 aliphatic rings. The van der Waals surface area contributed by atoms with E-state index in [1.807, 2.05) is 25.1 Å². The van der Waals surface area contributed by atoms with Gasteiger partial charge in [0.25, 0.3) is 5.91 Å². The summed E-state index contributed by atoms with van der Waals surface area (Å²) in [7, 11) is 0. The van der Waals surface area contributed by atoms with Gasteiger partial charge in [-0.15, -0.1) is 0 Å². The molecule has 0 bridgehead atoms. The summed E-state index contributed by atoms with van der Waals surface area (Å²) >= 11 is 0. The first-order valence-corrected chi connectivity index (χ1v) is 7.78. The molecule has 4 nitrogen and oxygen atoms in total. The van der Waals surface area contributed by atoms with Gasteiger partial charge in [-0.2, -0.15) is 5.10 Å². The van der Waals surface area contributed by atoms with E-state index >= 15 is 0 Å². The second kappa shape index (κ2) is 8.25. The molecule has 1 amide bonds. The zero-order chi connectivity index (χ0) is 16.7. The van der Waals surface area contributed by atoms with Crippen LogP contribution in [0.4, 0.5) is 0 Å². The van der Waals surface area contributed by atoms with Gasteiger partial charge in [0, 0.05) is 0 Å². The molecule has 4 heteroatoms. The highest BCUT2D eigenvalue weighted by molar-refractivity contribution is 5.99. The molecule has 2 aromatic carbocycles. The van der Waals surface area contributed by atoms with Crippen molar-refractivity contribution in [3.8, 4) is 0 Å². The number of rotatable bonds is 6. The van der Waals surface area contributed by atoms with E-state index in [1.165, 1.54) is 5.56 Å². The lowest BCUT2D eigenvalue weighted by atomic mass is 10.1. The first-order valence-electron chi connectivity index (χ1n) is 7.78. The summed E-state index contributed by atoms with van der Waals surface area (Å²) in [6.45, 7) is 3.97. The maximum absolute atomic E-state index is 12.0. The van der Waals surface area contributed by atoms with Gasteiger partial charge in [0.05, 0.1) is 5.71 Å². The molecule has 2 N–H and O–H groups in total. The van der Waals surface area contributed by atoms with Crippen LogP contribution >= 0.6 is 0 Å². The Hall–Kier alpha value is -2.46. The fraction of sp³-hybridized carbons (Fsp3) is 0.263. The van der Waals surface area contributed by atoms with Gasteiger partial charge in [0.2, 0.25) is 0 Å². The number of carbonyl (C=O) groups is 1. The molecule has 0 heterocycles. The highest BCUT2D eigenvalue weighted by Gasteiger charge is 2.16. The van der Waals surface area contributed by atoms with Gasteiger partial charge in [-0.05, 0) is 30.0 Å². The van der Waals surface area contributed by atoms with E-state index in [1.54, 1.807) is 24.3 Å². The topological polar surface area (TPSA) is 61.7 Å². The molecule has 23 heavy (non-hydrogen) atoms. The Balaban J connectivity index is 1.99. The molecule has 0 aromatic heterocycles. The van der Waals surface area contributed by atoms with E-state index in [4.69, 9.17) is 0 Å². The number of aryl methyl sites for hydroxylation is 1. The Bertz CT molecular complexity index is 664. The number of carbonyl (C=O) groups excluding carboxylic acids is 1. The van der Waals surface area contributed by atoms with Crippen molar-refractivity contribution in [2.45, 2.75) is 32.8 Å². The highest BCUT2D eigenvalue weighted by Crippen LogP contribution is 2.12. The standard InChI is InChI=1S/C19H22N2O2/c1-3-7-15-10-12-16(13-11-15)14(2)20-21-19(23)18(22)17-8-5-4-6-9-17/h4-6,8-13,18,22H,3,7H2,1-2H3,(H,21,23). The van der Waals surface area contributed by atoms with Crippen molar-refractivity contribution in [1.29, 1.82) is 0 Å². The lowest BCUT2D eigenvalue weighted by Crippen LogP contribution is -2.26. The normalized spacial score (nSPS) is 12.7. The van der Waals surface area contributed by atoms with Crippen molar-refractivity contribution in [2.24, 2.45) is 5.10 Å². The third-order valence-corrected chi connectivity index (χ3v) is 3.61. The van der Waals surface area contributed by atoms with Gasteiger partial charge in [-0.3, -0.25) is 4.79 Å². The highest BCUT2D eigenvalue weighted by atomic mass is 16.3. The van der Waals surface area contributed by atoms with Crippen LogP contribution < -0.4 is 5.43 Å². The molecule has 0 fully saturated rings. The minimum atomic E-state index is -1.22. The summed E-state index contributed by atoms with van der Waals surface area (Å²) < 4.78 is 0. The average molecular weight is 310 g/mol. The Kier molecular flexibility index (Phi) is 6.06. The van der Waals surface area contributed by atoms with Crippen LogP contribution in [0.5, 0.6) is 0 Å². The van der Waals surface area contributed by atoms with Crippen molar-refractivity contribution in [3.63, 3.8) is 0 Å². The van der Waals surface area contributed by atoms with E-state index in [9.17, 15) is 9.90 Å². The minimum absolute atomic E-state index is 0.543. The molecule has 1 atom stereocenters. The van der Waals surface area contributed by atoms with Crippen molar-refractivity contribution in [1.82, 2.24) is 5.43 Å². The summed E-state index contributed by atoms with van der Waals surface area (Å²) in [5.74, 6) is -0.543. The number of benzene rings is 2. The molecule has 0 spiro atoms. The zero-order valence-corrected chi connectivity index (χ0v) is 13.5. The van der Waals surface area contributed by atoms with E-state index < -0.39 is 12.0 Å². The Morgan fingerprint density at radius 1 is 1.13 bits per heavy atom. The quantitative estimate of drug-likeness (QED) is 0.636. The number of hydrazone groups is 1. The molecule has 0 saturated carbocycles. The third kappa shape index (κ3) is 4.76. The number of aliphatic hydroxyl groups is 1. The molecule has 1 unspecified atom stereocenters. The van der Waals surface area contributed by atoms with Crippen LogP contribution in [0, 0.1) is 0 Å². The van der Waals surface area contributed by atoms with Crippen LogP contribution in [-0.2, 0) is 11.2 Å². The number of aliphatic hydroxyl groups excluding tert-OH is 1. The van der Waals surface area contributed by atoms with Gasteiger partial charge in [-0.25, -0.2) is 5.43 Å². The predicted octanol–water partition coefficient (Wildman–Crippen LogP) is 3.21. The van der Waals surface area contributed by atoms with Crippen LogP contribution in [0.2, 0.25) is 0 Å². The first-order chi connectivity index (χ1) is 11.1. The Labute approximate surface area is 136 Å². The minimum Gasteiger partial charge on any atom is -0.378 e. The fourth-order valence-electron chi connectivity index (χ4n) is 2.25. The molecule has 0 aliphatic carbocycles. The fourth-order valence-corrected chi connectivity index (χ4v) is 2.25.